The number of rotatable bonds is 4. The second-order valence-electron chi connectivity index (χ2n) is 4.22. The summed E-state index contributed by atoms with van der Waals surface area (Å²) in [5.41, 5.74) is 7.01. The number of thiophene rings is 1. The summed E-state index contributed by atoms with van der Waals surface area (Å²) >= 11 is 5.25. The van der Waals surface area contributed by atoms with E-state index in [0.717, 1.165) is 10.2 Å². The zero-order valence-electron chi connectivity index (χ0n) is 10.4. The molecular formula is C14H16BrNOS. The summed E-state index contributed by atoms with van der Waals surface area (Å²) in [4.78, 5) is 2.44. The van der Waals surface area contributed by atoms with Crippen molar-refractivity contribution in [1.29, 1.82) is 0 Å². The normalized spacial score (nSPS) is 12.4. The molecule has 1 unspecified atom stereocenters. The molecule has 1 atom stereocenters. The number of benzene rings is 1. The van der Waals surface area contributed by atoms with Crippen molar-refractivity contribution >= 4 is 27.3 Å². The van der Waals surface area contributed by atoms with Gasteiger partial charge in [0.2, 0.25) is 0 Å². The second-order valence-corrected chi connectivity index (χ2v) is 6.40. The first-order chi connectivity index (χ1) is 8.60. The Morgan fingerprint density at radius 2 is 2.06 bits per heavy atom. The topological polar surface area (TPSA) is 35.2 Å². The summed E-state index contributed by atoms with van der Waals surface area (Å²) in [6, 6.07) is 10.2. The Hall–Kier alpha value is -0.840. The molecule has 1 aromatic carbocycles. The first-order valence-corrected chi connectivity index (χ1v) is 7.40. The lowest BCUT2D eigenvalue weighted by molar-refractivity contribution is 0.216. The van der Waals surface area contributed by atoms with E-state index >= 15 is 0 Å². The third kappa shape index (κ3) is 3.13. The monoisotopic (exact) mass is 325 g/mol. The van der Waals surface area contributed by atoms with Crippen LogP contribution in [-0.2, 0) is 0 Å². The molecule has 0 radical (unpaired) electrons. The number of nitrogens with two attached hydrogens (primary N) is 1. The summed E-state index contributed by atoms with van der Waals surface area (Å²) in [5.74, 6) is 0.835. The van der Waals surface area contributed by atoms with Crippen molar-refractivity contribution in [2.24, 2.45) is 5.73 Å². The van der Waals surface area contributed by atoms with Crippen molar-refractivity contribution in [3.63, 3.8) is 0 Å². The van der Waals surface area contributed by atoms with E-state index in [1.54, 1.807) is 11.3 Å². The van der Waals surface area contributed by atoms with Crippen LogP contribution in [0, 0.1) is 13.8 Å². The number of hydrogen-bond donors (Lipinski definition) is 1. The quantitative estimate of drug-likeness (QED) is 0.914. The van der Waals surface area contributed by atoms with Crippen molar-refractivity contribution in [1.82, 2.24) is 0 Å². The molecule has 0 aliphatic rings. The molecule has 0 aliphatic heterocycles. The predicted octanol–water partition coefficient (Wildman–Crippen LogP) is 4.21. The van der Waals surface area contributed by atoms with Crippen LogP contribution < -0.4 is 10.5 Å². The Morgan fingerprint density at radius 3 is 2.61 bits per heavy atom. The van der Waals surface area contributed by atoms with Crippen LogP contribution >= 0.6 is 27.3 Å². The largest absolute Gasteiger partial charge is 0.482 e. The summed E-state index contributed by atoms with van der Waals surface area (Å²) in [5, 5.41) is 0. The average Bonchev–Trinajstić information content (AvgIpc) is 2.75. The summed E-state index contributed by atoms with van der Waals surface area (Å²) in [7, 11) is 0. The van der Waals surface area contributed by atoms with E-state index in [1.807, 2.05) is 18.2 Å². The highest BCUT2D eigenvalue weighted by molar-refractivity contribution is 9.10. The number of ether oxygens (including phenoxy) is 1. The van der Waals surface area contributed by atoms with Gasteiger partial charge in [0.05, 0.1) is 4.47 Å². The number of halogens is 1. The fourth-order valence-electron chi connectivity index (χ4n) is 1.70. The lowest BCUT2D eigenvalue weighted by Crippen LogP contribution is -2.17. The van der Waals surface area contributed by atoms with Gasteiger partial charge in [0.25, 0.3) is 0 Å². The Kier molecular flexibility index (Phi) is 4.43. The van der Waals surface area contributed by atoms with Crippen LogP contribution in [0.15, 0.2) is 34.8 Å². The minimum Gasteiger partial charge on any atom is -0.482 e. The van der Waals surface area contributed by atoms with E-state index in [9.17, 15) is 0 Å². The molecule has 0 spiro atoms. The molecule has 1 heterocycles. The van der Waals surface area contributed by atoms with Crippen LogP contribution in [0.3, 0.4) is 0 Å². The molecule has 4 heteroatoms. The van der Waals surface area contributed by atoms with Crippen LogP contribution in [0.2, 0.25) is 0 Å². The maximum Gasteiger partial charge on any atom is 0.145 e. The molecule has 2 nitrogen and oxygen atoms in total. The highest BCUT2D eigenvalue weighted by Crippen LogP contribution is 2.32. The molecular weight excluding hydrogens is 310 g/mol. The van der Waals surface area contributed by atoms with Gasteiger partial charge >= 0.3 is 0 Å². The van der Waals surface area contributed by atoms with E-state index in [4.69, 9.17) is 10.5 Å². The smallest absolute Gasteiger partial charge is 0.145 e. The molecule has 96 valence electrons. The number of aryl methyl sites for hydroxylation is 2. The fraction of sp³-hybridized carbons (Fsp3) is 0.286. The van der Waals surface area contributed by atoms with Gasteiger partial charge in [0.15, 0.2) is 0 Å². The van der Waals surface area contributed by atoms with E-state index in [-0.39, 0.29) is 6.10 Å². The van der Waals surface area contributed by atoms with E-state index in [0.29, 0.717) is 6.54 Å². The standard InChI is InChI=1S/C14H16BrNOS/c1-9-3-5-12(11(15)7-9)17-13(8-16)14-6-4-10(2)18-14/h3-7,13H,8,16H2,1-2H3. The maximum absolute atomic E-state index is 5.99. The molecule has 0 aliphatic carbocycles. The third-order valence-corrected chi connectivity index (χ3v) is 4.36. The van der Waals surface area contributed by atoms with Crippen LogP contribution in [0.25, 0.3) is 0 Å². The van der Waals surface area contributed by atoms with Crippen molar-refractivity contribution in [3.05, 3.63) is 50.1 Å². The molecule has 0 amide bonds. The van der Waals surface area contributed by atoms with Crippen LogP contribution in [-0.4, -0.2) is 6.54 Å². The fourth-order valence-corrected chi connectivity index (χ4v) is 3.21. The molecule has 2 N–H and O–H groups in total. The molecule has 18 heavy (non-hydrogen) atoms. The molecule has 0 fully saturated rings. The third-order valence-electron chi connectivity index (χ3n) is 2.65. The summed E-state index contributed by atoms with van der Waals surface area (Å²) in [6.45, 7) is 4.61. The SMILES string of the molecule is Cc1ccc(OC(CN)c2ccc(C)s2)c(Br)c1. The zero-order valence-corrected chi connectivity index (χ0v) is 12.8. The lowest BCUT2D eigenvalue weighted by Gasteiger charge is -2.17. The molecule has 0 bridgehead atoms. The predicted molar refractivity (Wildman–Crippen MR) is 80.4 cm³/mol. The van der Waals surface area contributed by atoms with Gasteiger partial charge < -0.3 is 10.5 Å². The summed E-state index contributed by atoms with van der Waals surface area (Å²) in [6.07, 6.45) is -0.0808. The van der Waals surface area contributed by atoms with Gasteiger partial charge in [0, 0.05) is 16.3 Å². The molecule has 0 saturated heterocycles. The number of hydrogen-bond acceptors (Lipinski definition) is 3. The molecule has 2 rings (SSSR count). The van der Waals surface area contributed by atoms with Crippen molar-refractivity contribution in [3.8, 4) is 5.75 Å². The van der Waals surface area contributed by atoms with Crippen molar-refractivity contribution < 1.29 is 4.74 Å². The second kappa shape index (κ2) is 5.87. The molecule has 0 saturated carbocycles. The van der Waals surface area contributed by atoms with Gasteiger partial charge in [-0.3, -0.25) is 0 Å². The van der Waals surface area contributed by atoms with Crippen LogP contribution in [0.4, 0.5) is 0 Å². The first kappa shape index (κ1) is 13.6. The molecule has 1 aromatic heterocycles. The van der Waals surface area contributed by atoms with E-state index in [2.05, 4.69) is 41.9 Å². The van der Waals surface area contributed by atoms with E-state index < -0.39 is 0 Å². The summed E-state index contributed by atoms with van der Waals surface area (Å²) < 4.78 is 6.95. The Labute approximate surface area is 120 Å². The minimum absolute atomic E-state index is 0.0808. The van der Waals surface area contributed by atoms with Gasteiger partial charge in [-0.2, -0.15) is 0 Å². The van der Waals surface area contributed by atoms with Gasteiger partial charge in [-0.15, -0.1) is 11.3 Å². The van der Waals surface area contributed by atoms with Gasteiger partial charge in [-0.05, 0) is 59.6 Å². The Bertz CT molecular complexity index is 538. The zero-order chi connectivity index (χ0) is 13.1. The van der Waals surface area contributed by atoms with Crippen molar-refractivity contribution in [2.45, 2.75) is 20.0 Å². The average molecular weight is 326 g/mol. The maximum atomic E-state index is 5.99. The van der Waals surface area contributed by atoms with Crippen LogP contribution in [0.5, 0.6) is 5.75 Å². The van der Waals surface area contributed by atoms with E-state index in [1.165, 1.54) is 15.3 Å². The van der Waals surface area contributed by atoms with Gasteiger partial charge in [-0.1, -0.05) is 6.07 Å². The minimum atomic E-state index is -0.0808. The Balaban J connectivity index is 2.20. The highest BCUT2D eigenvalue weighted by atomic mass is 79.9. The lowest BCUT2D eigenvalue weighted by atomic mass is 10.2. The van der Waals surface area contributed by atoms with Gasteiger partial charge in [-0.25, -0.2) is 0 Å². The van der Waals surface area contributed by atoms with Crippen molar-refractivity contribution in [2.75, 3.05) is 6.54 Å². The Morgan fingerprint density at radius 1 is 1.28 bits per heavy atom. The highest BCUT2D eigenvalue weighted by Gasteiger charge is 2.15. The van der Waals surface area contributed by atoms with Crippen LogP contribution in [0.1, 0.15) is 21.4 Å². The molecule has 2 aromatic rings. The first-order valence-electron chi connectivity index (χ1n) is 5.79. The van der Waals surface area contributed by atoms with Gasteiger partial charge in [0.1, 0.15) is 11.9 Å².